The fourth-order valence-electron chi connectivity index (χ4n) is 3.30. The van der Waals surface area contributed by atoms with Gasteiger partial charge in [-0.1, -0.05) is 18.2 Å². The Balaban J connectivity index is 1.49. The maximum Gasteiger partial charge on any atom is 0.193 e. The van der Waals surface area contributed by atoms with Crippen LogP contribution in [0.3, 0.4) is 0 Å². The van der Waals surface area contributed by atoms with Crippen molar-refractivity contribution in [3.8, 4) is 5.69 Å². The Morgan fingerprint density at radius 2 is 1.96 bits per heavy atom. The molecule has 28 heavy (non-hydrogen) atoms. The molecule has 3 rings (SSSR count). The number of aryl methyl sites for hydroxylation is 3. The first-order valence-electron chi connectivity index (χ1n) is 9.71. The summed E-state index contributed by atoms with van der Waals surface area (Å²) in [4.78, 5) is 6.56. The predicted molar refractivity (Wildman–Crippen MR) is 115 cm³/mol. The van der Waals surface area contributed by atoms with Gasteiger partial charge in [0.15, 0.2) is 5.96 Å². The smallest absolute Gasteiger partial charge is 0.193 e. The number of para-hydroxylation sites is 1. The molecule has 0 aliphatic rings. The normalized spacial score (nSPS) is 11.6. The van der Waals surface area contributed by atoms with E-state index < -0.39 is 0 Å². The quantitative estimate of drug-likeness (QED) is 0.390. The number of aliphatic imine (C=N–C) groups is 1. The minimum Gasteiger partial charge on any atom is -0.356 e. The first kappa shape index (κ1) is 19.7. The summed E-state index contributed by atoms with van der Waals surface area (Å²) < 4.78 is 4.10. The molecule has 0 saturated heterocycles. The van der Waals surface area contributed by atoms with Crippen LogP contribution in [-0.2, 0) is 20.0 Å². The number of hydrogen-bond acceptors (Lipinski definition) is 2. The fourth-order valence-corrected chi connectivity index (χ4v) is 3.30. The van der Waals surface area contributed by atoms with Crippen molar-refractivity contribution in [3.05, 3.63) is 71.8 Å². The van der Waals surface area contributed by atoms with E-state index in [1.54, 1.807) is 0 Å². The van der Waals surface area contributed by atoms with E-state index in [1.165, 1.54) is 11.3 Å². The molecule has 6 heteroatoms. The molecule has 6 nitrogen and oxygen atoms in total. The van der Waals surface area contributed by atoms with E-state index in [1.807, 2.05) is 29.9 Å². The number of guanidine groups is 1. The van der Waals surface area contributed by atoms with Gasteiger partial charge >= 0.3 is 0 Å². The van der Waals surface area contributed by atoms with E-state index in [0.29, 0.717) is 0 Å². The van der Waals surface area contributed by atoms with Crippen LogP contribution >= 0.6 is 0 Å². The summed E-state index contributed by atoms with van der Waals surface area (Å²) in [5.41, 5.74) is 4.74. The first-order chi connectivity index (χ1) is 13.6. The lowest BCUT2D eigenvalue weighted by Gasteiger charge is -2.22. The molecule has 0 amide bonds. The molecule has 0 atom stereocenters. The molecule has 0 fully saturated rings. The highest BCUT2D eigenvalue weighted by Gasteiger charge is 2.09. The molecule has 0 bridgehead atoms. The van der Waals surface area contributed by atoms with Crippen molar-refractivity contribution < 1.29 is 0 Å². The Morgan fingerprint density at radius 1 is 1.18 bits per heavy atom. The van der Waals surface area contributed by atoms with Gasteiger partial charge in [0.1, 0.15) is 0 Å². The largest absolute Gasteiger partial charge is 0.356 e. The molecule has 148 valence electrons. The summed E-state index contributed by atoms with van der Waals surface area (Å²) in [6.07, 6.45) is 6.22. The summed E-state index contributed by atoms with van der Waals surface area (Å²) in [5, 5.41) is 8.12. The van der Waals surface area contributed by atoms with E-state index in [4.69, 9.17) is 0 Å². The minimum absolute atomic E-state index is 0.826. The van der Waals surface area contributed by atoms with Crippen molar-refractivity contribution in [3.63, 3.8) is 0 Å². The topological polar surface area (TPSA) is 50.4 Å². The van der Waals surface area contributed by atoms with Crippen LogP contribution in [0, 0.1) is 6.92 Å². The number of nitrogens with zero attached hydrogens (tertiary/aromatic N) is 5. The summed E-state index contributed by atoms with van der Waals surface area (Å²) in [6.45, 7) is 3.78. The van der Waals surface area contributed by atoms with Gasteiger partial charge in [-0.3, -0.25) is 4.99 Å². The van der Waals surface area contributed by atoms with E-state index in [2.05, 4.69) is 82.6 Å². The standard InChI is InChI=1S/C22H30N6/c1-18-19(16-28(25-18)20-11-6-5-7-12-20)10-8-14-24-22(23-2)27(4)17-21-13-9-15-26(21)3/h5-7,9,11-13,15-16H,8,10,14,17H2,1-4H3,(H,23,24). The second-order valence-corrected chi connectivity index (χ2v) is 7.06. The predicted octanol–water partition coefficient (Wildman–Crippen LogP) is 3.16. The molecule has 2 heterocycles. The lowest BCUT2D eigenvalue weighted by molar-refractivity contribution is 0.461. The monoisotopic (exact) mass is 378 g/mol. The molecule has 0 spiro atoms. The third-order valence-electron chi connectivity index (χ3n) is 4.95. The van der Waals surface area contributed by atoms with Gasteiger partial charge in [-0.05, 0) is 49.6 Å². The van der Waals surface area contributed by atoms with Crippen LogP contribution in [-0.4, -0.2) is 45.8 Å². The average molecular weight is 379 g/mol. The molecule has 2 aromatic heterocycles. The lowest BCUT2D eigenvalue weighted by Crippen LogP contribution is -2.39. The zero-order valence-electron chi connectivity index (χ0n) is 17.3. The Morgan fingerprint density at radius 3 is 2.64 bits per heavy atom. The number of benzene rings is 1. The van der Waals surface area contributed by atoms with Crippen LogP contribution in [0.25, 0.3) is 5.69 Å². The highest BCUT2D eigenvalue weighted by molar-refractivity contribution is 5.79. The van der Waals surface area contributed by atoms with Gasteiger partial charge in [-0.15, -0.1) is 0 Å². The lowest BCUT2D eigenvalue weighted by atomic mass is 10.1. The van der Waals surface area contributed by atoms with Gasteiger partial charge in [-0.2, -0.15) is 5.10 Å². The molecule has 0 saturated carbocycles. The Kier molecular flexibility index (Phi) is 6.53. The van der Waals surface area contributed by atoms with Crippen molar-refractivity contribution in [2.24, 2.45) is 12.0 Å². The SMILES string of the molecule is CN=C(NCCCc1cn(-c2ccccc2)nc1C)N(C)Cc1cccn1C. The number of hydrogen-bond donors (Lipinski definition) is 1. The summed E-state index contributed by atoms with van der Waals surface area (Å²) in [6, 6.07) is 14.4. The molecular weight excluding hydrogens is 348 g/mol. The maximum atomic E-state index is 4.65. The van der Waals surface area contributed by atoms with Crippen molar-refractivity contribution in [2.45, 2.75) is 26.3 Å². The average Bonchev–Trinajstić information content (AvgIpc) is 3.28. The summed E-state index contributed by atoms with van der Waals surface area (Å²) >= 11 is 0. The second-order valence-electron chi connectivity index (χ2n) is 7.06. The number of nitrogens with one attached hydrogen (secondary N) is 1. The molecule has 0 aliphatic heterocycles. The third-order valence-corrected chi connectivity index (χ3v) is 4.95. The van der Waals surface area contributed by atoms with Gasteiger partial charge in [0.05, 0.1) is 17.9 Å². The van der Waals surface area contributed by atoms with Crippen molar-refractivity contribution in [1.82, 2.24) is 24.6 Å². The number of rotatable bonds is 7. The highest BCUT2D eigenvalue weighted by atomic mass is 15.3. The minimum atomic E-state index is 0.826. The molecule has 0 aliphatic carbocycles. The second kappa shape index (κ2) is 9.26. The molecule has 0 unspecified atom stereocenters. The Bertz CT molecular complexity index is 906. The van der Waals surface area contributed by atoms with E-state index in [9.17, 15) is 0 Å². The summed E-state index contributed by atoms with van der Waals surface area (Å²) in [7, 11) is 5.96. The Labute approximate surface area is 167 Å². The van der Waals surface area contributed by atoms with Crippen LogP contribution in [0.1, 0.15) is 23.4 Å². The first-order valence-corrected chi connectivity index (χ1v) is 9.71. The maximum absolute atomic E-state index is 4.65. The van der Waals surface area contributed by atoms with E-state index >= 15 is 0 Å². The van der Waals surface area contributed by atoms with E-state index in [-0.39, 0.29) is 0 Å². The molecule has 1 N–H and O–H groups in total. The van der Waals surface area contributed by atoms with Crippen LogP contribution in [0.4, 0.5) is 0 Å². The zero-order valence-corrected chi connectivity index (χ0v) is 17.3. The molecular formula is C22H30N6. The van der Waals surface area contributed by atoms with Gasteiger partial charge in [0, 0.05) is 45.8 Å². The fraction of sp³-hybridized carbons (Fsp3) is 0.364. The Hall–Kier alpha value is -3.02. The molecule has 1 aromatic carbocycles. The number of aromatic nitrogens is 3. The third kappa shape index (κ3) is 4.82. The van der Waals surface area contributed by atoms with Crippen molar-refractivity contribution in [1.29, 1.82) is 0 Å². The zero-order chi connectivity index (χ0) is 19.9. The van der Waals surface area contributed by atoms with Gasteiger partial charge in [0.2, 0.25) is 0 Å². The van der Waals surface area contributed by atoms with Crippen molar-refractivity contribution in [2.75, 3.05) is 20.6 Å². The van der Waals surface area contributed by atoms with Crippen molar-refractivity contribution >= 4 is 5.96 Å². The van der Waals surface area contributed by atoms with Crippen LogP contribution < -0.4 is 5.32 Å². The molecule has 0 radical (unpaired) electrons. The highest BCUT2D eigenvalue weighted by Crippen LogP contribution is 2.13. The van der Waals surface area contributed by atoms with Crippen LogP contribution in [0.2, 0.25) is 0 Å². The van der Waals surface area contributed by atoms with Crippen LogP contribution in [0.5, 0.6) is 0 Å². The van der Waals surface area contributed by atoms with Crippen LogP contribution in [0.15, 0.2) is 59.9 Å². The summed E-state index contributed by atoms with van der Waals surface area (Å²) in [5.74, 6) is 0.915. The molecule has 3 aromatic rings. The van der Waals surface area contributed by atoms with E-state index in [0.717, 1.165) is 43.3 Å². The van der Waals surface area contributed by atoms with Gasteiger partial charge in [-0.25, -0.2) is 4.68 Å². The van der Waals surface area contributed by atoms with Gasteiger partial charge in [0.25, 0.3) is 0 Å². The van der Waals surface area contributed by atoms with Gasteiger partial charge < -0.3 is 14.8 Å².